The Labute approximate surface area is 173 Å². The molecule has 1 aromatic heterocycles. The van der Waals surface area contributed by atoms with Crippen LogP contribution in [0.25, 0.3) is 0 Å². The van der Waals surface area contributed by atoms with E-state index in [2.05, 4.69) is 10.3 Å². The summed E-state index contributed by atoms with van der Waals surface area (Å²) in [6.07, 6.45) is 1.64. The lowest BCUT2D eigenvalue weighted by molar-refractivity contribution is -0.118. The van der Waals surface area contributed by atoms with Crippen LogP contribution >= 0.6 is 23.4 Å². The molecule has 28 heavy (non-hydrogen) atoms. The predicted octanol–water partition coefficient (Wildman–Crippen LogP) is 3.79. The zero-order chi connectivity index (χ0) is 19.9. The Morgan fingerprint density at radius 1 is 1.14 bits per heavy atom. The van der Waals surface area contributed by atoms with Gasteiger partial charge in [0.25, 0.3) is 0 Å². The van der Waals surface area contributed by atoms with Gasteiger partial charge in [-0.3, -0.25) is 4.79 Å². The minimum absolute atomic E-state index is 0.0582. The van der Waals surface area contributed by atoms with Crippen LogP contribution in [0.2, 0.25) is 5.02 Å². The maximum Gasteiger partial charge on any atom is 0.230 e. The molecular formula is C21H22ClN3O2S. The van der Waals surface area contributed by atoms with Gasteiger partial charge in [-0.15, -0.1) is 0 Å². The Hall–Kier alpha value is -2.28. The van der Waals surface area contributed by atoms with Gasteiger partial charge in [0.1, 0.15) is 0 Å². The van der Waals surface area contributed by atoms with Gasteiger partial charge in [-0.2, -0.15) is 0 Å². The summed E-state index contributed by atoms with van der Waals surface area (Å²) in [6, 6.07) is 15.6. The van der Waals surface area contributed by atoms with E-state index in [9.17, 15) is 9.90 Å². The van der Waals surface area contributed by atoms with Crippen LogP contribution in [-0.2, 0) is 24.5 Å². The normalized spacial score (nSPS) is 10.8. The summed E-state index contributed by atoms with van der Waals surface area (Å²) in [6.45, 7) is 2.98. The molecule has 146 valence electrons. The number of carbonyl (C=O) groups is 1. The highest BCUT2D eigenvalue weighted by molar-refractivity contribution is 7.99. The number of aliphatic hydroxyl groups is 1. The van der Waals surface area contributed by atoms with Crippen molar-refractivity contribution in [2.75, 3.05) is 5.75 Å². The molecule has 0 radical (unpaired) electrons. The molecule has 2 aromatic carbocycles. The second-order valence-corrected chi connectivity index (χ2v) is 7.83. The summed E-state index contributed by atoms with van der Waals surface area (Å²) in [4.78, 5) is 16.6. The van der Waals surface area contributed by atoms with Crippen molar-refractivity contribution in [3.63, 3.8) is 0 Å². The molecule has 0 unspecified atom stereocenters. The van der Waals surface area contributed by atoms with Gasteiger partial charge in [0, 0.05) is 18.1 Å². The zero-order valence-corrected chi connectivity index (χ0v) is 17.1. The van der Waals surface area contributed by atoms with Crippen molar-refractivity contribution in [1.82, 2.24) is 14.9 Å². The predicted molar refractivity (Wildman–Crippen MR) is 112 cm³/mol. The third-order valence-electron chi connectivity index (χ3n) is 4.26. The van der Waals surface area contributed by atoms with Crippen molar-refractivity contribution in [2.24, 2.45) is 0 Å². The largest absolute Gasteiger partial charge is 0.390 e. The highest BCUT2D eigenvalue weighted by Gasteiger charge is 2.12. The average molecular weight is 416 g/mol. The van der Waals surface area contributed by atoms with Crippen LogP contribution in [0.1, 0.15) is 22.4 Å². The number of aliphatic hydroxyl groups excluding tert-OH is 1. The fourth-order valence-electron chi connectivity index (χ4n) is 2.66. The first-order chi connectivity index (χ1) is 13.5. The van der Waals surface area contributed by atoms with Crippen LogP contribution in [0.15, 0.2) is 59.9 Å². The molecule has 0 aliphatic rings. The molecule has 2 N–H and O–H groups in total. The molecular weight excluding hydrogens is 394 g/mol. The smallest absolute Gasteiger partial charge is 0.230 e. The first-order valence-corrected chi connectivity index (χ1v) is 10.3. The molecule has 1 heterocycles. The number of halogens is 1. The van der Waals surface area contributed by atoms with E-state index in [4.69, 9.17) is 11.6 Å². The van der Waals surface area contributed by atoms with Gasteiger partial charge < -0.3 is 15.0 Å². The number of amides is 1. The third-order valence-corrected chi connectivity index (χ3v) is 5.50. The molecule has 0 spiro atoms. The Morgan fingerprint density at radius 3 is 2.50 bits per heavy atom. The maximum atomic E-state index is 12.2. The third kappa shape index (κ3) is 5.61. The first-order valence-electron chi connectivity index (χ1n) is 8.90. The first kappa shape index (κ1) is 20.5. The molecule has 0 aliphatic carbocycles. The molecule has 1 amide bonds. The number of aromatic nitrogens is 2. The van der Waals surface area contributed by atoms with Crippen molar-refractivity contribution >= 4 is 29.3 Å². The average Bonchev–Trinajstić information content (AvgIpc) is 3.09. The van der Waals surface area contributed by atoms with Crippen LogP contribution in [0.3, 0.4) is 0 Å². The van der Waals surface area contributed by atoms with E-state index in [1.54, 1.807) is 6.20 Å². The molecule has 5 nitrogen and oxygen atoms in total. The second kappa shape index (κ2) is 9.78. The van der Waals surface area contributed by atoms with Crippen molar-refractivity contribution in [1.29, 1.82) is 0 Å². The van der Waals surface area contributed by atoms with Crippen LogP contribution in [0, 0.1) is 6.92 Å². The minimum atomic E-state index is -0.110. The minimum Gasteiger partial charge on any atom is -0.390 e. The molecule has 0 aliphatic heterocycles. The van der Waals surface area contributed by atoms with Crippen molar-refractivity contribution in [3.8, 4) is 0 Å². The molecule has 0 fully saturated rings. The van der Waals surface area contributed by atoms with Crippen LogP contribution < -0.4 is 5.32 Å². The lowest BCUT2D eigenvalue weighted by Gasteiger charge is -2.11. The summed E-state index contributed by atoms with van der Waals surface area (Å²) in [5.41, 5.74) is 4.01. The summed E-state index contributed by atoms with van der Waals surface area (Å²) in [5.74, 6) is 0.200. The van der Waals surface area contributed by atoms with E-state index >= 15 is 0 Å². The molecule has 3 aromatic rings. The Bertz CT molecular complexity index is 924. The fraction of sp³-hybridized carbons (Fsp3) is 0.238. The van der Waals surface area contributed by atoms with Crippen molar-refractivity contribution in [3.05, 3.63) is 82.1 Å². The summed E-state index contributed by atoms with van der Waals surface area (Å²) < 4.78 is 1.92. The van der Waals surface area contributed by atoms with Gasteiger partial charge >= 0.3 is 0 Å². The Morgan fingerprint density at radius 2 is 1.82 bits per heavy atom. The SMILES string of the molecule is Cc1ccc(CNC(=O)CSc2ncc(CO)n2Cc2ccc(Cl)cc2)cc1. The molecule has 0 saturated heterocycles. The summed E-state index contributed by atoms with van der Waals surface area (Å²) >= 11 is 7.30. The van der Waals surface area contributed by atoms with E-state index < -0.39 is 0 Å². The van der Waals surface area contributed by atoms with E-state index in [1.807, 2.05) is 60.0 Å². The highest BCUT2D eigenvalue weighted by Crippen LogP contribution is 2.21. The lowest BCUT2D eigenvalue weighted by atomic mass is 10.1. The number of hydrogen-bond acceptors (Lipinski definition) is 4. The second-order valence-electron chi connectivity index (χ2n) is 6.45. The van der Waals surface area contributed by atoms with Gasteiger partial charge in [0.2, 0.25) is 5.91 Å². The number of carbonyl (C=O) groups excluding carboxylic acids is 1. The fourth-order valence-corrected chi connectivity index (χ4v) is 3.62. The van der Waals surface area contributed by atoms with E-state index in [-0.39, 0.29) is 18.3 Å². The van der Waals surface area contributed by atoms with Crippen molar-refractivity contribution < 1.29 is 9.90 Å². The monoisotopic (exact) mass is 415 g/mol. The van der Waals surface area contributed by atoms with E-state index in [1.165, 1.54) is 17.3 Å². The Balaban J connectivity index is 1.59. The standard InChI is InChI=1S/C21H22ClN3O2S/c1-15-2-4-16(5-3-15)10-23-20(27)14-28-21-24-11-19(13-26)25(21)12-17-6-8-18(22)9-7-17/h2-9,11,26H,10,12-14H2,1H3,(H,23,27). The van der Waals surface area contributed by atoms with Crippen LogP contribution in [0.5, 0.6) is 0 Å². The topological polar surface area (TPSA) is 67.2 Å². The van der Waals surface area contributed by atoms with Gasteiger partial charge in [-0.05, 0) is 30.2 Å². The Kier molecular flexibility index (Phi) is 7.14. The van der Waals surface area contributed by atoms with Gasteiger partial charge in [0.15, 0.2) is 5.16 Å². The zero-order valence-electron chi connectivity index (χ0n) is 15.6. The number of aryl methyl sites for hydroxylation is 1. The van der Waals surface area contributed by atoms with Gasteiger partial charge in [0.05, 0.1) is 24.3 Å². The number of nitrogens with one attached hydrogen (secondary N) is 1. The quantitative estimate of drug-likeness (QED) is 0.549. The number of hydrogen-bond donors (Lipinski definition) is 2. The highest BCUT2D eigenvalue weighted by atomic mass is 35.5. The summed E-state index contributed by atoms with van der Waals surface area (Å²) in [7, 11) is 0. The van der Waals surface area contributed by atoms with Crippen LogP contribution in [0.4, 0.5) is 0 Å². The van der Waals surface area contributed by atoms with Crippen LogP contribution in [-0.4, -0.2) is 26.3 Å². The number of benzene rings is 2. The van der Waals surface area contributed by atoms with Gasteiger partial charge in [-0.1, -0.05) is 65.3 Å². The van der Waals surface area contributed by atoms with E-state index in [0.717, 1.165) is 11.1 Å². The number of imidazole rings is 1. The number of rotatable bonds is 8. The maximum absolute atomic E-state index is 12.2. The lowest BCUT2D eigenvalue weighted by Crippen LogP contribution is -2.24. The molecule has 7 heteroatoms. The van der Waals surface area contributed by atoms with Gasteiger partial charge in [-0.25, -0.2) is 4.98 Å². The number of thioether (sulfide) groups is 1. The van der Waals surface area contributed by atoms with Crippen molar-refractivity contribution in [2.45, 2.75) is 31.8 Å². The molecule has 3 rings (SSSR count). The molecule has 0 saturated carbocycles. The molecule has 0 atom stereocenters. The summed E-state index contributed by atoms with van der Waals surface area (Å²) in [5, 5.41) is 13.9. The van der Waals surface area contributed by atoms with E-state index in [0.29, 0.717) is 29.0 Å². The number of nitrogens with zero attached hydrogens (tertiary/aromatic N) is 2. The molecule has 0 bridgehead atoms.